The molecule has 0 unspecified atom stereocenters. The summed E-state index contributed by atoms with van der Waals surface area (Å²) < 4.78 is 0. The van der Waals surface area contributed by atoms with Gasteiger partial charge < -0.3 is 10.0 Å². The van der Waals surface area contributed by atoms with Crippen molar-refractivity contribution in [3.05, 3.63) is 70.8 Å². The molecule has 0 radical (unpaired) electrons. The molecule has 2 aromatic carbocycles. The van der Waals surface area contributed by atoms with Gasteiger partial charge in [0.15, 0.2) is 0 Å². The maximum Gasteiger partial charge on any atom is 0.303 e. The van der Waals surface area contributed by atoms with Crippen molar-refractivity contribution < 1.29 is 9.90 Å². The van der Waals surface area contributed by atoms with Crippen LogP contribution in [0.25, 0.3) is 5.57 Å². The second kappa shape index (κ2) is 9.64. The summed E-state index contributed by atoms with van der Waals surface area (Å²) in [5.41, 5.74) is 7.33. The van der Waals surface area contributed by atoms with E-state index in [4.69, 9.17) is 5.11 Å². The average Bonchev–Trinajstić information content (AvgIpc) is 2.91. The maximum absolute atomic E-state index is 10.6. The molecule has 0 bridgehead atoms. The van der Waals surface area contributed by atoms with Crippen LogP contribution < -0.4 is 0 Å². The molecule has 0 aliphatic carbocycles. The number of piperidine rings is 1. The van der Waals surface area contributed by atoms with Crippen LogP contribution in [-0.2, 0) is 10.5 Å². The van der Waals surface area contributed by atoms with Gasteiger partial charge in [-0.3, -0.25) is 4.79 Å². The highest BCUT2D eigenvalue weighted by Crippen LogP contribution is 2.43. The molecule has 152 valence electrons. The highest BCUT2D eigenvalue weighted by molar-refractivity contribution is 7.98. The smallest absolute Gasteiger partial charge is 0.303 e. The van der Waals surface area contributed by atoms with Crippen LogP contribution in [0.5, 0.6) is 0 Å². The van der Waals surface area contributed by atoms with Crippen molar-refractivity contribution in [2.45, 2.75) is 49.2 Å². The van der Waals surface area contributed by atoms with Gasteiger partial charge in [0.1, 0.15) is 0 Å². The minimum absolute atomic E-state index is 0.299. The summed E-state index contributed by atoms with van der Waals surface area (Å²) in [6.45, 7) is 3.30. The number of likely N-dealkylation sites (tertiary alicyclic amines) is 1. The quantitative estimate of drug-likeness (QED) is 0.611. The van der Waals surface area contributed by atoms with Crippen molar-refractivity contribution in [3.8, 4) is 0 Å². The number of rotatable bonds is 6. The second-order valence-electron chi connectivity index (χ2n) is 7.97. The lowest BCUT2D eigenvalue weighted by atomic mass is 9.86. The predicted molar refractivity (Wildman–Crippen MR) is 120 cm³/mol. The topological polar surface area (TPSA) is 40.5 Å². The van der Waals surface area contributed by atoms with E-state index >= 15 is 0 Å². The summed E-state index contributed by atoms with van der Waals surface area (Å²) in [6.07, 6.45) is 5.45. The Kier molecular flexibility index (Phi) is 6.73. The third-order valence-electron chi connectivity index (χ3n) is 6.00. The lowest BCUT2D eigenvalue weighted by molar-refractivity contribution is -0.137. The first-order valence-corrected chi connectivity index (χ1v) is 11.7. The average molecular weight is 408 g/mol. The Morgan fingerprint density at radius 2 is 1.66 bits per heavy atom. The van der Waals surface area contributed by atoms with E-state index in [0.29, 0.717) is 6.42 Å². The SMILES string of the molecule is O=C(O)CCCCCN1CCC(=C2c3ccccc3CSc3ccccc32)CC1. The van der Waals surface area contributed by atoms with E-state index in [1.54, 1.807) is 5.57 Å². The molecule has 4 heteroatoms. The predicted octanol–water partition coefficient (Wildman–Crippen LogP) is 5.84. The van der Waals surface area contributed by atoms with E-state index in [9.17, 15) is 4.79 Å². The van der Waals surface area contributed by atoms with Crippen LogP contribution in [0.15, 0.2) is 59.0 Å². The summed E-state index contributed by atoms with van der Waals surface area (Å²) in [6, 6.07) is 17.8. The minimum Gasteiger partial charge on any atom is -0.481 e. The number of hydrogen-bond acceptors (Lipinski definition) is 3. The van der Waals surface area contributed by atoms with Gasteiger partial charge >= 0.3 is 5.97 Å². The normalized spacial score (nSPS) is 16.8. The number of thioether (sulfide) groups is 1. The lowest BCUT2D eigenvalue weighted by Gasteiger charge is -2.30. The third-order valence-corrected chi connectivity index (χ3v) is 7.13. The van der Waals surface area contributed by atoms with Crippen LogP contribution in [0.4, 0.5) is 0 Å². The van der Waals surface area contributed by atoms with Crippen LogP contribution >= 0.6 is 11.8 Å². The molecular formula is C25H29NO2S. The molecule has 29 heavy (non-hydrogen) atoms. The van der Waals surface area contributed by atoms with Crippen LogP contribution in [0.3, 0.4) is 0 Å². The summed E-state index contributed by atoms with van der Waals surface area (Å²) in [4.78, 5) is 14.6. The molecule has 3 nitrogen and oxygen atoms in total. The Balaban J connectivity index is 1.49. The molecule has 0 saturated carbocycles. The van der Waals surface area contributed by atoms with E-state index in [1.165, 1.54) is 27.2 Å². The standard InChI is InChI=1S/C25H29NO2S/c27-24(28)12-2-1-7-15-26-16-13-19(14-17-26)25-21-9-4-3-8-20(21)18-29-23-11-6-5-10-22(23)25/h3-6,8-11H,1-2,7,12-18H2,(H,27,28). The lowest BCUT2D eigenvalue weighted by Crippen LogP contribution is -2.32. The first-order valence-electron chi connectivity index (χ1n) is 10.7. The fraction of sp³-hybridized carbons (Fsp3) is 0.400. The Bertz CT molecular complexity index is 846. The minimum atomic E-state index is -0.679. The molecule has 1 saturated heterocycles. The van der Waals surface area contributed by atoms with Crippen molar-refractivity contribution in [1.29, 1.82) is 0 Å². The van der Waals surface area contributed by atoms with Crippen molar-refractivity contribution in [2.75, 3.05) is 19.6 Å². The first-order chi connectivity index (χ1) is 14.2. The molecule has 1 fully saturated rings. The van der Waals surface area contributed by atoms with E-state index in [-0.39, 0.29) is 0 Å². The molecule has 1 N–H and O–H groups in total. The first kappa shape index (κ1) is 20.2. The van der Waals surface area contributed by atoms with Crippen LogP contribution in [-0.4, -0.2) is 35.6 Å². The molecule has 4 rings (SSSR count). The van der Waals surface area contributed by atoms with Gasteiger partial charge in [0.05, 0.1) is 0 Å². The number of carboxylic acids is 1. The third kappa shape index (κ3) is 4.93. The fourth-order valence-corrected chi connectivity index (χ4v) is 5.52. The highest BCUT2D eigenvalue weighted by atomic mass is 32.2. The number of nitrogens with zero attached hydrogens (tertiary/aromatic N) is 1. The van der Waals surface area contributed by atoms with Crippen molar-refractivity contribution >= 4 is 23.3 Å². The Hall–Kier alpha value is -2.04. The number of benzene rings is 2. The van der Waals surface area contributed by atoms with Gasteiger partial charge in [-0.25, -0.2) is 0 Å². The van der Waals surface area contributed by atoms with Gasteiger partial charge in [-0.1, -0.05) is 54.5 Å². The highest BCUT2D eigenvalue weighted by Gasteiger charge is 2.23. The van der Waals surface area contributed by atoms with E-state index < -0.39 is 5.97 Å². The number of aliphatic carboxylic acids is 1. The van der Waals surface area contributed by atoms with Gasteiger partial charge in [-0.15, -0.1) is 11.8 Å². The zero-order valence-corrected chi connectivity index (χ0v) is 17.7. The van der Waals surface area contributed by atoms with Gasteiger partial charge in [0.25, 0.3) is 0 Å². The van der Waals surface area contributed by atoms with Crippen molar-refractivity contribution in [3.63, 3.8) is 0 Å². The summed E-state index contributed by atoms with van der Waals surface area (Å²) in [5.74, 6) is 0.355. The summed E-state index contributed by atoms with van der Waals surface area (Å²) in [5, 5.41) is 8.76. The van der Waals surface area contributed by atoms with E-state index in [2.05, 4.69) is 53.4 Å². The molecule has 0 atom stereocenters. The van der Waals surface area contributed by atoms with Gasteiger partial charge in [-0.2, -0.15) is 0 Å². The van der Waals surface area contributed by atoms with Crippen molar-refractivity contribution in [2.24, 2.45) is 0 Å². The number of carboxylic acid groups (broad SMARTS) is 1. The molecule has 2 aromatic rings. The molecule has 2 aliphatic rings. The van der Waals surface area contributed by atoms with Crippen LogP contribution in [0.2, 0.25) is 0 Å². The number of hydrogen-bond donors (Lipinski definition) is 1. The fourth-order valence-electron chi connectivity index (χ4n) is 4.46. The maximum atomic E-state index is 10.6. The Morgan fingerprint density at radius 1 is 0.931 bits per heavy atom. The molecule has 0 spiro atoms. The number of carbonyl (C=O) groups is 1. The number of unbranched alkanes of at least 4 members (excludes halogenated alkanes) is 2. The molecule has 0 aromatic heterocycles. The van der Waals surface area contributed by atoms with E-state index in [0.717, 1.165) is 57.5 Å². The van der Waals surface area contributed by atoms with Gasteiger partial charge in [-0.05, 0) is 60.6 Å². The van der Waals surface area contributed by atoms with Crippen molar-refractivity contribution in [1.82, 2.24) is 4.90 Å². The zero-order chi connectivity index (χ0) is 20.1. The van der Waals surface area contributed by atoms with Gasteiger partial charge in [0.2, 0.25) is 0 Å². The zero-order valence-electron chi connectivity index (χ0n) is 16.9. The molecular weight excluding hydrogens is 378 g/mol. The van der Waals surface area contributed by atoms with Crippen LogP contribution in [0.1, 0.15) is 55.2 Å². The molecule has 2 heterocycles. The largest absolute Gasteiger partial charge is 0.481 e. The van der Waals surface area contributed by atoms with Gasteiger partial charge in [0, 0.05) is 30.2 Å². The summed E-state index contributed by atoms with van der Waals surface area (Å²) >= 11 is 1.95. The van der Waals surface area contributed by atoms with E-state index in [1.807, 2.05) is 11.8 Å². The molecule has 0 amide bonds. The second-order valence-corrected chi connectivity index (χ2v) is 8.98. The molecule has 2 aliphatic heterocycles. The Morgan fingerprint density at radius 3 is 2.45 bits per heavy atom. The Labute approximate surface area is 177 Å². The summed E-state index contributed by atoms with van der Waals surface area (Å²) in [7, 11) is 0. The number of fused-ring (bicyclic) bond motifs is 2. The monoisotopic (exact) mass is 407 g/mol. The van der Waals surface area contributed by atoms with Crippen LogP contribution in [0, 0.1) is 0 Å².